The van der Waals surface area contributed by atoms with Gasteiger partial charge in [-0.25, -0.2) is 0 Å². The minimum absolute atomic E-state index is 0.115. The molecule has 0 atom stereocenters. The van der Waals surface area contributed by atoms with Gasteiger partial charge in [-0.3, -0.25) is 0 Å². The van der Waals surface area contributed by atoms with Crippen LogP contribution in [0.1, 0.15) is 80.7 Å². The highest BCUT2D eigenvalue weighted by Crippen LogP contribution is 2.53. The Hall–Kier alpha value is -1.12. The van der Waals surface area contributed by atoms with Crippen LogP contribution in [0.5, 0.6) is 0 Å². The summed E-state index contributed by atoms with van der Waals surface area (Å²) in [6.07, 6.45) is 5.02. The summed E-state index contributed by atoms with van der Waals surface area (Å²) in [7, 11) is -1.77. The van der Waals surface area contributed by atoms with Gasteiger partial charge in [-0.05, 0) is 66.8 Å². The minimum Gasteiger partial charge on any atom is -0.414 e. The van der Waals surface area contributed by atoms with E-state index >= 15 is 0 Å². The fourth-order valence-electron chi connectivity index (χ4n) is 4.69. The third-order valence-electron chi connectivity index (χ3n) is 7.11. The Kier molecular flexibility index (Phi) is 6.82. The maximum atomic E-state index is 6.90. The Balaban J connectivity index is 2.42. The highest BCUT2D eigenvalue weighted by Gasteiger charge is 2.47. The molecule has 1 aliphatic rings. The van der Waals surface area contributed by atoms with Gasteiger partial charge in [-0.15, -0.1) is 0 Å². The maximum Gasteiger partial charge on any atom is 0.192 e. The molecule has 1 aliphatic carbocycles. The average Bonchev–Trinajstić information content (AvgIpc) is 2.51. The Morgan fingerprint density at radius 1 is 0.966 bits per heavy atom. The Morgan fingerprint density at radius 3 is 1.86 bits per heavy atom. The zero-order valence-electron chi connectivity index (χ0n) is 20.9. The lowest BCUT2D eigenvalue weighted by Gasteiger charge is -2.50. The van der Waals surface area contributed by atoms with Crippen LogP contribution in [0.3, 0.4) is 0 Å². The van der Waals surface area contributed by atoms with Crippen molar-refractivity contribution in [2.75, 3.05) is 0 Å². The van der Waals surface area contributed by atoms with E-state index in [4.69, 9.17) is 4.43 Å². The molecule has 1 nitrogen and oxygen atoms in total. The van der Waals surface area contributed by atoms with E-state index in [9.17, 15) is 0 Å². The molecule has 0 N–H and O–H groups in total. The monoisotopic (exact) mass is 412 g/mol. The van der Waals surface area contributed by atoms with E-state index < -0.39 is 8.32 Å². The second-order valence-corrected chi connectivity index (χ2v) is 16.8. The molecule has 2 rings (SSSR count). The quantitative estimate of drug-likeness (QED) is 0.449. The summed E-state index contributed by atoms with van der Waals surface area (Å²) < 4.78 is 6.90. The second kappa shape index (κ2) is 8.19. The van der Waals surface area contributed by atoms with Crippen LogP contribution in [0.25, 0.3) is 5.57 Å². The zero-order chi connectivity index (χ0) is 22.3. The van der Waals surface area contributed by atoms with Crippen molar-refractivity contribution in [1.82, 2.24) is 0 Å². The van der Waals surface area contributed by atoms with E-state index in [2.05, 4.69) is 112 Å². The molecule has 0 heterocycles. The van der Waals surface area contributed by atoms with Crippen molar-refractivity contribution in [2.45, 2.75) is 99.4 Å². The highest BCUT2D eigenvalue weighted by atomic mass is 28.4. The molecular weight excluding hydrogens is 368 g/mol. The normalized spacial score (nSPS) is 21.6. The van der Waals surface area contributed by atoms with E-state index in [1.165, 1.54) is 16.7 Å². The summed E-state index contributed by atoms with van der Waals surface area (Å²) in [6.45, 7) is 25.9. The van der Waals surface area contributed by atoms with Gasteiger partial charge in [0.25, 0.3) is 0 Å². The van der Waals surface area contributed by atoms with Crippen molar-refractivity contribution in [3.8, 4) is 0 Å². The number of allylic oxidation sites excluding steroid dienone is 4. The van der Waals surface area contributed by atoms with Crippen LogP contribution in [-0.4, -0.2) is 14.4 Å². The fraction of sp³-hybridized carbons (Fsp3) is 0.630. The van der Waals surface area contributed by atoms with Crippen LogP contribution in [0.4, 0.5) is 0 Å². The van der Waals surface area contributed by atoms with E-state index in [1.54, 1.807) is 5.57 Å². The van der Waals surface area contributed by atoms with E-state index in [1.807, 2.05) is 0 Å². The largest absolute Gasteiger partial charge is 0.414 e. The molecule has 1 aromatic rings. The van der Waals surface area contributed by atoms with Crippen LogP contribution in [0.2, 0.25) is 18.1 Å². The predicted molar refractivity (Wildman–Crippen MR) is 132 cm³/mol. The Labute approximate surface area is 181 Å². The van der Waals surface area contributed by atoms with E-state index in [0.717, 1.165) is 12.8 Å². The van der Waals surface area contributed by atoms with Crippen LogP contribution in [-0.2, 0) is 4.43 Å². The second-order valence-electron chi connectivity index (χ2n) is 12.0. The summed E-state index contributed by atoms with van der Waals surface area (Å²) in [5.74, 6) is 0. The Morgan fingerprint density at radius 2 is 1.45 bits per heavy atom. The number of benzene rings is 1. The van der Waals surface area contributed by atoms with Crippen LogP contribution < -0.4 is 0 Å². The SMILES string of the molecule is CC(C)=C(C=C1C(C)(C)CC(O[Si](C)(C)C(C)(C)C)CC1(C)C)c1ccccc1. The summed E-state index contributed by atoms with van der Waals surface area (Å²) in [5, 5.41) is 0.250. The summed E-state index contributed by atoms with van der Waals surface area (Å²) >= 11 is 0. The lowest BCUT2D eigenvalue weighted by Crippen LogP contribution is -2.49. The van der Waals surface area contributed by atoms with Gasteiger partial charge in [0.1, 0.15) is 0 Å². The number of rotatable bonds is 4. The predicted octanol–water partition coefficient (Wildman–Crippen LogP) is 8.64. The van der Waals surface area contributed by atoms with Crippen molar-refractivity contribution in [3.05, 3.63) is 53.1 Å². The molecule has 0 aromatic heterocycles. The topological polar surface area (TPSA) is 9.23 Å². The molecule has 0 amide bonds. The maximum absolute atomic E-state index is 6.90. The van der Waals surface area contributed by atoms with Crippen LogP contribution in [0, 0.1) is 10.8 Å². The molecule has 0 spiro atoms. The smallest absolute Gasteiger partial charge is 0.192 e. The van der Waals surface area contributed by atoms with Crippen molar-refractivity contribution in [2.24, 2.45) is 10.8 Å². The van der Waals surface area contributed by atoms with Gasteiger partial charge >= 0.3 is 0 Å². The molecule has 0 saturated heterocycles. The third-order valence-corrected chi connectivity index (χ3v) is 11.6. The molecule has 0 unspecified atom stereocenters. The minimum atomic E-state index is -1.77. The van der Waals surface area contributed by atoms with E-state index in [-0.39, 0.29) is 15.9 Å². The fourth-order valence-corrected chi connectivity index (χ4v) is 6.05. The van der Waals surface area contributed by atoms with Crippen molar-refractivity contribution in [1.29, 1.82) is 0 Å². The molecule has 1 fully saturated rings. The first kappa shape index (κ1) is 24.1. The van der Waals surface area contributed by atoms with Crippen LogP contribution >= 0.6 is 0 Å². The van der Waals surface area contributed by atoms with Gasteiger partial charge in [0.05, 0.1) is 0 Å². The third kappa shape index (κ3) is 5.52. The van der Waals surface area contributed by atoms with Gasteiger partial charge in [-0.2, -0.15) is 0 Å². The lowest BCUT2D eigenvalue weighted by atomic mass is 9.60. The molecule has 1 aromatic carbocycles. The molecular formula is C27H44OSi. The number of hydrogen-bond acceptors (Lipinski definition) is 1. The first-order valence-corrected chi connectivity index (χ1v) is 14.1. The van der Waals surface area contributed by atoms with E-state index in [0.29, 0.717) is 6.10 Å². The van der Waals surface area contributed by atoms with Crippen molar-refractivity contribution < 1.29 is 4.43 Å². The molecule has 162 valence electrons. The average molecular weight is 413 g/mol. The molecule has 0 aliphatic heterocycles. The first-order valence-electron chi connectivity index (χ1n) is 11.2. The molecule has 0 radical (unpaired) electrons. The standard InChI is InChI=1S/C27H44OSi/c1-20(2)23(21-15-13-12-14-16-21)17-24-26(6,7)18-22(19-27(24,8)9)28-29(10,11)25(3,4)5/h12-17,22H,18-19H2,1-11H3. The summed E-state index contributed by atoms with van der Waals surface area (Å²) in [6, 6.07) is 10.8. The highest BCUT2D eigenvalue weighted by molar-refractivity contribution is 6.74. The summed E-state index contributed by atoms with van der Waals surface area (Å²) in [4.78, 5) is 0. The lowest BCUT2D eigenvalue weighted by molar-refractivity contribution is 0.0546. The number of hydrogen-bond donors (Lipinski definition) is 0. The van der Waals surface area contributed by atoms with Crippen molar-refractivity contribution in [3.63, 3.8) is 0 Å². The van der Waals surface area contributed by atoms with Gasteiger partial charge in [0.2, 0.25) is 0 Å². The van der Waals surface area contributed by atoms with Gasteiger partial charge < -0.3 is 4.43 Å². The van der Waals surface area contributed by atoms with Gasteiger partial charge in [0.15, 0.2) is 8.32 Å². The molecule has 29 heavy (non-hydrogen) atoms. The van der Waals surface area contributed by atoms with Crippen molar-refractivity contribution >= 4 is 13.9 Å². The first-order chi connectivity index (χ1) is 13.1. The van der Waals surface area contributed by atoms with Gasteiger partial charge in [0, 0.05) is 6.10 Å². The zero-order valence-corrected chi connectivity index (χ0v) is 21.9. The Bertz CT molecular complexity index is 749. The summed E-state index contributed by atoms with van der Waals surface area (Å²) in [5.41, 5.74) is 5.83. The van der Waals surface area contributed by atoms with Crippen LogP contribution in [0.15, 0.2) is 47.6 Å². The molecule has 2 heteroatoms. The van der Waals surface area contributed by atoms with Gasteiger partial charge in [-0.1, -0.05) is 96.0 Å². The molecule has 1 saturated carbocycles. The molecule has 0 bridgehead atoms.